The number of carbonyl (C=O) groups excluding carboxylic acids is 3. The zero-order valence-corrected chi connectivity index (χ0v) is 24.5. The van der Waals surface area contributed by atoms with Gasteiger partial charge in [0.25, 0.3) is 40.5 Å². The molecule has 18 nitrogen and oxygen atoms in total. The molecule has 0 radical (unpaired) electrons. The molecule has 44 heavy (non-hydrogen) atoms. The summed E-state index contributed by atoms with van der Waals surface area (Å²) in [5.41, 5.74) is 0.0829. The topological polar surface area (TPSA) is 319 Å². The number of fused-ring (bicyclic) bond motifs is 2. The van der Waals surface area contributed by atoms with E-state index in [9.17, 15) is 61.7 Å². The highest BCUT2D eigenvalue weighted by Crippen LogP contribution is 2.42. The minimum atomic E-state index is -5.33. The Balaban J connectivity index is 1.98. The molecule has 4 rings (SSSR count). The lowest BCUT2D eigenvalue weighted by atomic mass is 9.82. The lowest BCUT2D eigenvalue weighted by Crippen LogP contribution is -2.27. The molecule has 234 valence electrons. The average Bonchev–Trinajstić information content (AvgIpc) is 2.85. The van der Waals surface area contributed by atoms with Gasteiger partial charge in [-0.25, -0.2) is 0 Å². The van der Waals surface area contributed by atoms with Crippen LogP contribution in [0.5, 0.6) is 0 Å². The molecule has 0 bridgehead atoms. The first-order valence-electron chi connectivity index (χ1n) is 11.3. The van der Waals surface area contributed by atoms with E-state index in [1.165, 1.54) is 0 Å². The zero-order valence-electron chi connectivity index (χ0n) is 21.2. The molecule has 3 aromatic rings. The Morgan fingerprint density at radius 1 is 0.705 bits per heavy atom. The molecular formula is C22H17N3O15S4. The Kier molecular flexibility index (Phi) is 7.94. The van der Waals surface area contributed by atoms with Crippen molar-refractivity contribution >= 4 is 80.7 Å². The summed E-state index contributed by atoms with van der Waals surface area (Å²) in [6.45, 7) is 0. The highest BCUT2D eigenvalue weighted by atomic mass is 32.2. The molecule has 0 atom stereocenters. The maximum Gasteiger partial charge on any atom is 0.296 e. The summed E-state index contributed by atoms with van der Waals surface area (Å²) in [6.07, 6.45) is 0. The second kappa shape index (κ2) is 10.7. The normalized spacial score (nSPS) is 13.6. The van der Waals surface area contributed by atoms with E-state index in [1.54, 1.807) is 0 Å². The second-order valence-corrected chi connectivity index (χ2v) is 14.6. The van der Waals surface area contributed by atoms with Crippen LogP contribution in [0.25, 0.3) is 0 Å². The SMILES string of the molecule is Nc1cc(S(=O)(=O)O)c(Nc2ccc(NC(=O)CS(=O)(=O)O)c(S(=O)(=O)O)c2)c2c1C(=O)c1cccc(S(=O)(=O)O)c1C2=O. The van der Waals surface area contributed by atoms with Crippen molar-refractivity contribution in [1.29, 1.82) is 0 Å². The number of nitrogens with two attached hydrogens (primary N) is 1. The number of amides is 1. The predicted molar refractivity (Wildman–Crippen MR) is 148 cm³/mol. The van der Waals surface area contributed by atoms with E-state index in [2.05, 4.69) is 5.32 Å². The monoisotopic (exact) mass is 691 g/mol. The third-order valence-electron chi connectivity index (χ3n) is 5.95. The second-order valence-electron chi connectivity index (χ2n) is 8.96. The number of nitrogens with one attached hydrogen (secondary N) is 2. The van der Waals surface area contributed by atoms with Gasteiger partial charge >= 0.3 is 0 Å². The minimum absolute atomic E-state index is 0.503. The standard InChI is InChI=1S/C22H17N3O15S4/c23-11-7-15(44(38,39)40)20(19-18(11)21(27)10-2-1-3-13(42(32,33)34)17(10)22(19)28)24-9-4-5-12(14(6-9)43(35,36)37)25-16(26)8-41(29,30)31/h1-7,24H,8,23H2,(H,25,26)(H,29,30,31)(H,32,33,34)(H,35,36,37)(H,38,39,40). The molecule has 8 N–H and O–H groups in total. The van der Waals surface area contributed by atoms with E-state index >= 15 is 0 Å². The highest BCUT2D eigenvalue weighted by Gasteiger charge is 2.40. The number of hydrogen-bond donors (Lipinski definition) is 7. The lowest BCUT2D eigenvalue weighted by molar-refractivity contribution is -0.114. The first-order chi connectivity index (χ1) is 20.0. The van der Waals surface area contributed by atoms with Crippen molar-refractivity contribution in [3.05, 3.63) is 64.7 Å². The summed E-state index contributed by atoms with van der Waals surface area (Å²) < 4.78 is 133. The van der Waals surface area contributed by atoms with Crippen molar-refractivity contribution in [2.75, 3.05) is 22.1 Å². The fourth-order valence-electron chi connectivity index (χ4n) is 4.32. The lowest BCUT2D eigenvalue weighted by Gasteiger charge is -2.25. The highest BCUT2D eigenvalue weighted by molar-refractivity contribution is 7.87. The molecule has 0 saturated carbocycles. The molecule has 0 heterocycles. The Bertz CT molecular complexity index is 2260. The molecule has 0 fully saturated rings. The average molecular weight is 692 g/mol. The largest absolute Gasteiger partial charge is 0.398 e. The van der Waals surface area contributed by atoms with Gasteiger partial charge in [0.1, 0.15) is 14.7 Å². The van der Waals surface area contributed by atoms with E-state index in [0.29, 0.717) is 12.1 Å². The number of ketones is 2. The van der Waals surface area contributed by atoms with Gasteiger partial charge in [-0.05, 0) is 30.3 Å². The Hall–Kier alpha value is -4.29. The van der Waals surface area contributed by atoms with Gasteiger partial charge in [-0.3, -0.25) is 32.6 Å². The van der Waals surface area contributed by atoms with Crippen molar-refractivity contribution in [3.8, 4) is 0 Å². The third-order valence-corrected chi connectivity index (χ3v) is 9.24. The van der Waals surface area contributed by atoms with Gasteiger partial charge in [-0.2, -0.15) is 33.7 Å². The molecule has 0 saturated heterocycles. The van der Waals surface area contributed by atoms with Crippen LogP contribution in [0.3, 0.4) is 0 Å². The van der Waals surface area contributed by atoms with Crippen LogP contribution in [-0.2, 0) is 45.3 Å². The van der Waals surface area contributed by atoms with E-state index in [1.807, 2.05) is 5.32 Å². The fourth-order valence-corrected chi connectivity index (χ4v) is 6.79. The van der Waals surface area contributed by atoms with Gasteiger partial charge in [0.2, 0.25) is 5.91 Å². The molecule has 0 aromatic heterocycles. The summed E-state index contributed by atoms with van der Waals surface area (Å²) in [7, 11) is -20.6. The summed E-state index contributed by atoms with van der Waals surface area (Å²) in [6, 6.07) is 5.65. The number of carbonyl (C=O) groups is 3. The fraction of sp³-hybridized carbons (Fsp3) is 0.0455. The smallest absolute Gasteiger partial charge is 0.296 e. The number of nitrogen functional groups attached to an aromatic ring is 1. The minimum Gasteiger partial charge on any atom is -0.398 e. The van der Waals surface area contributed by atoms with Crippen molar-refractivity contribution in [1.82, 2.24) is 0 Å². The number of benzene rings is 3. The van der Waals surface area contributed by atoms with Crippen LogP contribution in [0.2, 0.25) is 0 Å². The molecule has 0 aliphatic heterocycles. The van der Waals surface area contributed by atoms with Gasteiger partial charge in [0.15, 0.2) is 17.3 Å². The van der Waals surface area contributed by atoms with Crippen LogP contribution in [0, 0.1) is 0 Å². The first-order valence-corrected chi connectivity index (χ1v) is 17.2. The summed E-state index contributed by atoms with van der Waals surface area (Å²) in [5.74, 6) is -5.41. The number of anilines is 4. The van der Waals surface area contributed by atoms with Gasteiger partial charge in [-0.15, -0.1) is 0 Å². The maximum absolute atomic E-state index is 13.7. The quantitative estimate of drug-likeness (QED) is 0.0968. The van der Waals surface area contributed by atoms with E-state index in [4.69, 9.17) is 10.3 Å². The Labute approximate surface area is 247 Å². The van der Waals surface area contributed by atoms with Crippen LogP contribution in [0.1, 0.15) is 31.8 Å². The molecule has 0 spiro atoms. The number of rotatable bonds is 8. The van der Waals surface area contributed by atoms with Gasteiger partial charge in [0.05, 0.1) is 28.1 Å². The zero-order chi connectivity index (χ0) is 33.2. The molecule has 0 unspecified atom stereocenters. The first kappa shape index (κ1) is 32.6. The maximum atomic E-state index is 13.7. The molecule has 3 aromatic carbocycles. The number of hydrogen-bond acceptors (Lipinski definition) is 13. The molecule has 1 aliphatic carbocycles. The van der Waals surface area contributed by atoms with Crippen LogP contribution in [0.4, 0.5) is 22.7 Å². The summed E-state index contributed by atoms with van der Waals surface area (Å²) >= 11 is 0. The molecule has 22 heteroatoms. The van der Waals surface area contributed by atoms with Gasteiger partial charge in [-0.1, -0.05) is 12.1 Å². The van der Waals surface area contributed by atoms with Crippen molar-refractivity contribution < 1.29 is 66.3 Å². The summed E-state index contributed by atoms with van der Waals surface area (Å²) in [4.78, 5) is 35.7. The molecular weight excluding hydrogens is 675 g/mol. The Morgan fingerprint density at radius 2 is 1.30 bits per heavy atom. The Morgan fingerprint density at radius 3 is 1.84 bits per heavy atom. The predicted octanol–water partition coefficient (Wildman–Crippen LogP) is 0.354. The van der Waals surface area contributed by atoms with E-state index in [-0.39, 0.29) is 0 Å². The van der Waals surface area contributed by atoms with Crippen LogP contribution in [-0.4, -0.2) is 75.1 Å². The van der Waals surface area contributed by atoms with E-state index < -0.39 is 123 Å². The summed E-state index contributed by atoms with van der Waals surface area (Å²) in [5, 5.41) is 4.13. The van der Waals surface area contributed by atoms with Crippen molar-refractivity contribution in [3.63, 3.8) is 0 Å². The van der Waals surface area contributed by atoms with Crippen molar-refractivity contribution in [2.45, 2.75) is 14.7 Å². The van der Waals surface area contributed by atoms with Gasteiger partial charge < -0.3 is 16.4 Å². The van der Waals surface area contributed by atoms with Crippen LogP contribution < -0.4 is 16.4 Å². The van der Waals surface area contributed by atoms with Crippen molar-refractivity contribution in [2.24, 2.45) is 0 Å². The van der Waals surface area contributed by atoms with Crippen LogP contribution in [0.15, 0.2) is 57.2 Å². The van der Waals surface area contributed by atoms with Crippen LogP contribution >= 0.6 is 0 Å². The van der Waals surface area contributed by atoms with E-state index in [0.717, 1.165) is 30.3 Å². The third kappa shape index (κ3) is 6.31. The van der Waals surface area contributed by atoms with Gasteiger partial charge in [0, 0.05) is 16.9 Å². The molecule has 1 amide bonds. The molecule has 1 aliphatic rings.